The second-order valence-corrected chi connectivity index (χ2v) is 10.8. The summed E-state index contributed by atoms with van der Waals surface area (Å²) in [5.74, 6) is 1.28. The SMILES string of the molecule is COc1ccc(NC(=O)N(CCC(C)C)CC(=O)Nc2cc(C(C)(C)C)nn2-c2ccc(Cl)cc2)cc1. The van der Waals surface area contributed by atoms with Crippen LogP contribution in [0.2, 0.25) is 5.02 Å². The molecule has 8 nitrogen and oxygen atoms in total. The minimum Gasteiger partial charge on any atom is -0.497 e. The number of rotatable bonds is 9. The number of aromatic nitrogens is 2. The second-order valence-electron chi connectivity index (χ2n) is 10.4. The number of ether oxygens (including phenoxy) is 1. The number of hydrogen-bond acceptors (Lipinski definition) is 4. The standard InChI is InChI=1S/C28H36ClN5O3/c1-19(2)15-16-33(27(36)30-21-9-13-23(37-6)14-10-21)18-26(35)31-25-17-24(28(3,4)5)32-34(25)22-11-7-20(29)8-12-22/h7-14,17,19H,15-16,18H2,1-6H3,(H,30,36)(H,31,35). The summed E-state index contributed by atoms with van der Waals surface area (Å²) in [5, 5.41) is 11.2. The smallest absolute Gasteiger partial charge is 0.322 e. The van der Waals surface area contributed by atoms with Crippen LogP contribution in [0, 0.1) is 5.92 Å². The van der Waals surface area contributed by atoms with Gasteiger partial charge in [-0.25, -0.2) is 9.48 Å². The molecule has 1 aromatic heterocycles. The molecule has 0 saturated heterocycles. The van der Waals surface area contributed by atoms with E-state index in [0.29, 0.717) is 34.7 Å². The summed E-state index contributed by atoms with van der Waals surface area (Å²) in [4.78, 5) is 27.8. The van der Waals surface area contributed by atoms with E-state index in [4.69, 9.17) is 21.4 Å². The van der Waals surface area contributed by atoms with Crippen molar-refractivity contribution in [1.29, 1.82) is 0 Å². The maximum absolute atomic E-state index is 13.2. The average molecular weight is 526 g/mol. The molecular weight excluding hydrogens is 490 g/mol. The molecule has 0 unspecified atom stereocenters. The quantitative estimate of drug-likeness (QED) is 0.340. The van der Waals surface area contributed by atoms with Crippen molar-refractivity contribution in [2.24, 2.45) is 5.92 Å². The topological polar surface area (TPSA) is 88.5 Å². The third-order valence-electron chi connectivity index (χ3n) is 5.76. The number of urea groups is 1. The van der Waals surface area contributed by atoms with E-state index in [1.54, 1.807) is 48.2 Å². The Hall–Kier alpha value is -3.52. The molecule has 9 heteroatoms. The molecule has 2 N–H and O–H groups in total. The van der Waals surface area contributed by atoms with Crippen LogP contribution in [0.3, 0.4) is 0 Å². The van der Waals surface area contributed by atoms with Crippen molar-refractivity contribution >= 4 is 35.0 Å². The summed E-state index contributed by atoms with van der Waals surface area (Å²) in [5.41, 5.74) is 1.99. The number of anilines is 2. The van der Waals surface area contributed by atoms with Crippen molar-refractivity contribution in [3.63, 3.8) is 0 Å². The normalized spacial score (nSPS) is 11.4. The molecule has 3 aromatic rings. The zero-order chi connectivity index (χ0) is 27.2. The molecular formula is C28H36ClN5O3. The highest BCUT2D eigenvalue weighted by molar-refractivity contribution is 6.30. The number of amides is 3. The Kier molecular flexibility index (Phi) is 9.21. The van der Waals surface area contributed by atoms with Gasteiger partial charge in [0, 0.05) is 28.7 Å². The minimum atomic E-state index is -0.345. The van der Waals surface area contributed by atoms with Gasteiger partial charge in [-0.15, -0.1) is 0 Å². The first-order chi connectivity index (χ1) is 17.5. The fraction of sp³-hybridized carbons (Fsp3) is 0.393. The molecule has 2 aromatic carbocycles. The molecule has 1 heterocycles. The highest BCUT2D eigenvalue weighted by Crippen LogP contribution is 2.27. The number of methoxy groups -OCH3 is 1. The summed E-state index contributed by atoms with van der Waals surface area (Å²) in [7, 11) is 1.59. The third kappa shape index (κ3) is 7.98. The number of carbonyl (C=O) groups excluding carboxylic acids is 2. The first kappa shape index (κ1) is 28.1. The van der Waals surface area contributed by atoms with Gasteiger partial charge in [-0.1, -0.05) is 46.2 Å². The van der Waals surface area contributed by atoms with Gasteiger partial charge >= 0.3 is 6.03 Å². The molecule has 3 rings (SSSR count). The van der Waals surface area contributed by atoms with Crippen molar-refractivity contribution in [2.75, 3.05) is 30.8 Å². The van der Waals surface area contributed by atoms with Crippen molar-refractivity contribution < 1.29 is 14.3 Å². The molecule has 3 amide bonds. The zero-order valence-corrected chi connectivity index (χ0v) is 23.1. The second kappa shape index (κ2) is 12.1. The van der Waals surface area contributed by atoms with Gasteiger partial charge in [0.15, 0.2) is 0 Å². The van der Waals surface area contributed by atoms with Crippen LogP contribution >= 0.6 is 11.6 Å². The minimum absolute atomic E-state index is 0.106. The van der Waals surface area contributed by atoms with E-state index in [0.717, 1.165) is 17.8 Å². The van der Waals surface area contributed by atoms with Gasteiger partial charge in [0.25, 0.3) is 0 Å². The number of benzene rings is 2. The third-order valence-corrected chi connectivity index (χ3v) is 6.01. The first-order valence-electron chi connectivity index (χ1n) is 12.3. The van der Waals surface area contributed by atoms with E-state index >= 15 is 0 Å². The van der Waals surface area contributed by atoms with Crippen LogP contribution in [0.4, 0.5) is 16.3 Å². The van der Waals surface area contributed by atoms with Crippen molar-refractivity contribution in [3.05, 3.63) is 65.3 Å². The van der Waals surface area contributed by atoms with E-state index in [1.165, 1.54) is 4.90 Å². The molecule has 0 aliphatic rings. The van der Waals surface area contributed by atoms with Gasteiger partial charge in [-0.2, -0.15) is 5.10 Å². The molecule has 0 atom stereocenters. The van der Waals surface area contributed by atoms with Crippen LogP contribution in [0.25, 0.3) is 5.69 Å². The maximum Gasteiger partial charge on any atom is 0.322 e. The van der Waals surface area contributed by atoms with Crippen molar-refractivity contribution in [1.82, 2.24) is 14.7 Å². The summed E-state index contributed by atoms with van der Waals surface area (Å²) in [6, 6.07) is 15.8. The number of halogens is 1. The lowest BCUT2D eigenvalue weighted by atomic mass is 9.92. The lowest BCUT2D eigenvalue weighted by molar-refractivity contribution is -0.116. The van der Waals surface area contributed by atoms with Crippen LogP contribution in [0.1, 0.15) is 46.7 Å². The predicted molar refractivity (Wildman–Crippen MR) is 149 cm³/mol. The lowest BCUT2D eigenvalue weighted by Crippen LogP contribution is -2.41. The number of nitrogens with one attached hydrogen (secondary N) is 2. The highest BCUT2D eigenvalue weighted by atomic mass is 35.5. The molecule has 37 heavy (non-hydrogen) atoms. The van der Waals surface area contributed by atoms with E-state index in [-0.39, 0.29) is 23.9 Å². The van der Waals surface area contributed by atoms with Crippen LogP contribution in [0.15, 0.2) is 54.6 Å². The van der Waals surface area contributed by atoms with E-state index in [9.17, 15) is 9.59 Å². The van der Waals surface area contributed by atoms with E-state index in [1.807, 2.05) is 18.2 Å². The van der Waals surface area contributed by atoms with Crippen molar-refractivity contribution in [2.45, 2.75) is 46.5 Å². The Bertz CT molecular complexity index is 1200. The van der Waals surface area contributed by atoms with Gasteiger partial charge in [0.2, 0.25) is 5.91 Å². The number of nitrogens with zero attached hydrogens (tertiary/aromatic N) is 3. The van der Waals surface area contributed by atoms with Gasteiger partial charge < -0.3 is 20.3 Å². The molecule has 0 radical (unpaired) electrons. The molecule has 0 aliphatic heterocycles. The molecule has 0 bridgehead atoms. The number of carbonyl (C=O) groups is 2. The average Bonchev–Trinajstić information content (AvgIpc) is 3.26. The Morgan fingerprint density at radius 3 is 2.27 bits per heavy atom. The fourth-order valence-electron chi connectivity index (χ4n) is 3.51. The zero-order valence-electron chi connectivity index (χ0n) is 22.3. The van der Waals surface area contributed by atoms with Gasteiger partial charge in [0.05, 0.1) is 18.5 Å². The van der Waals surface area contributed by atoms with Crippen LogP contribution in [-0.2, 0) is 10.2 Å². The van der Waals surface area contributed by atoms with E-state index < -0.39 is 0 Å². The molecule has 0 saturated carbocycles. The monoisotopic (exact) mass is 525 g/mol. The molecule has 0 fully saturated rings. The number of hydrogen-bond donors (Lipinski definition) is 2. The summed E-state index contributed by atoms with van der Waals surface area (Å²) in [6.45, 7) is 10.7. The summed E-state index contributed by atoms with van der Waals surface area (Å²) < 4.78 is 6.86. The fourth-order valence-corrected chi connectivity index (χ4v) is 3.64. The maximum atomic E-state index is 13.2. The van der Waals surface area contributed by atoms with E-state index in [2.05, 4.69) is 45.3 Å². The van der Waals surface area contributed by atoms with Crippen molar-refractivity contribution in [3.8, 4) is 11.4 Å². The molecule has 0 aliphatic carbocycles. The van der Waals surface area contributed by atoms with Gasteiger partial charge in [-0.05, 0) is 60.9 Å². The van der Waals surface area contributed by atoms with Crippen LogP contribution in [0.5, 0.6) is 5.75 Å². The first-order valence-corrected chi connectivity index (χ1v) is 12.7. The Morgan fingerprint density at radius 1 is 1.05 bits per heavy atom. The van der Waals surface area contributed by atoms with Crippen LogP contribution < -0.4 is 15.4 Å². The lowest BCUT2D eigenvalue weighted by Gasteiger charge is -2.23. The largest absolute Gasteiger partial charge is 0.497 e. The Morgan fingerprint density at radius 2 is 1.70 bits per heavy atom. The summed E-state index contributed by atoms with van der Waals surface area (Å²) in [6.07, 6.45) is 0.764. The molecule has 0 spiro atoms. The molecule has 198 valence electrons. The predicted octanol–water partition coefficient (Wildman–Crippen LogP) is 6.35. The van der Waals surface area contributed by atoms with Gasteiger partial charge in [-0.3, -0.25) is 4.79 Å². The van der Waals surface area contributed by atoms with Crippen LogP contribution in [-0.4, -0.2) is 46.8 Å². The van der Waals surface area contributed by atoms with Gasteiger partial charge in [0.1, 0.15) is 18.1 Å². The Balaban J connectivity index is 1.79. The Labute approximate surface area is 223 Å². The summed E-state index contributed by atoms with van der Waals surface area (Å²) >= 11 is 6.06. The highest BCUT2D eigenvalue weighted by Gasteiger charge is 2.23.